The van der Waals surface area contributed by atoms with E-state index in [-0.39, 0.29) is 41.6 Å². The summed E-state index contributed by atoms with van der Waals surface area (Å²) in [5.41, 5.74) is 0. The molecule has 23 heavy (non-hydrogen) atoms. The maximum absolute atomic E-state index is 12.3. The molecule has 0 N–H and O–H groups in total. The van der Waals surface area contributed by atoms with Gasteiger partial charge in [-0.05, 0) is 24.3 Å². The van der Waals surface area contributed by atoms with E-state index in [4.69, 9.17) is 89.9 Å². The van der Waals surface area contributed by atoms with Crippen molar-refractivity contribution < 1.29 is 13.6 Å². The highest BCUT2D eigenvalue weighted by molar-refractivity contribution is 7.82. The highest BCUT2D eigenvalue weighted by Crippen LogP contribution is 2.56. The number of hydrogen-bond acceptors (Lipinski definition) is 3. The van der Waals surface area contributed by atoms with Crippen LogP contribution in [0.2, 0.25) is 30.1 Å². The zero-order valence-corrected chi connectivity index (χ0v) is 16.8. The summed E-state index contributed by atoms with van der Waals surface area (Å²) >= 11 is 41.0. The quantitative estimate of drug-likeness (QED) is 0.329. The molecule has 0 aliphatic carbocycles. The average Bonchev–Trinajstić information content (AvgIpc) is 2.48. The highest BCUT2D eigenvalue weighted by Gasteiger charge is 2.28. The number of benzene rings is 2. The first-order chi connectivity index (χ1) is 10.6. The molecule has 124 valence electrons. The van der Waals surface area contributed by atoms with Crippen LogP contribution in [0.1, 0.15) is 0 Å². The molecule has 0 fully saturated rings. The molecular weight excluding hydrogens is 471 g/mol. The first kappa shape index (κ1) is 19.6. The lowest BCUT2D eigenvalue weighted by Gasteiger charge is -2.16. The van der Waals surface area contributed by atoms with Crippen LogP contribution in [-0.4, -0.2) is 0 Å². The van der Waals surface area contributed by atoms with E-state index in [1.54, 1.807) is 0 Å². The molecule has 0 radical (unpaired) electrons. The molecule has 2 rings (SSSR count). The van der Waals surface area contributed by atoms with Gasteiger partial charge in [0, 0.05) is 11.2 Å². The van der Waals surface area contributed by atoms with Crippen molar-refractivity contribution in [2.75, 3.05) is 0 Å². The smallest absolute Gasteiger partial charge is 0.403 e. The van der Waals surface area contributed by atoms with Crippen LogP contribution in [0.5, 0.6) is 11.5 Å². The summed E-state index contributed by atoms with van der Waals surface area (Å²) in [7, 11) is 0. The van der Waals surface area contributed by atoms with E-state index in [9.17, 15) is 4.57 Å². The Bertz CT molecular complexity index is 748. The van der Waals surface area contributed by atoms with E-state index in [0.717, 1.165) is 0 Å². The zero-order valence-electron chi connectivity index (χ0n) is 10.6. The molecule has 0 amide bonds. The van der Waals surface area contributed by atoms with Gasteiger partial charge < -0.3 is 9.05 Å². The predicted octanol–water partition coefficient (Wildman–Crippen LogP) is 8.41. The Hall–Kier alpha value is 0.300. The van der Waals surface area contributed by atoms with E-state index in [2.05, 4.69) is 0 Å². The highest BCUT2D eigenvalue weighted by atomic mass is 35.7. The Balaban J connectivity index is 2.29. The average molecular weight is 475 g/mol. The van der Waals surface area contributed by atoms with E-state index in [1.165, 1.54) is 24.3 Å². The van der Waals surface area contributed by atoms with Crippen LogP contribution in [0.15, 0.2) is 24.3 Å². The van der Waals surface area contributed by atoms with Crippen LogP contribution >= 0.6 is 87.8 Å². The normalized spacial score (nSPS) is 11.4. The second kappa shape index (κ2) is 7.68. The van der Waals surface area contributed by atoms with Crippen LogP contribution < -0.4 is 9.05 Å². The molecule has 11 heteroatoms. The van der Waals surface area contributed by atoms with Crippen molar-refractivity contribution in [3.05, 3.63) is 54.4 Å². The topological polar surface area (TPSA) is 35.5 Å². The van der Waals surface area contributed by atoms with Crippen molar-refractivity contribution >= 4 is 87.8 Å². The Labute approximate surface area is 166 Å². The summed E-state index contributed by atoms with van der Waals surface area (Å²) in [6.45, 7) is -4.16. The van der Waals surface area contributed by atoms with Crippen LogP contribution in [0.3, 0.4) is 0 Å². The predicted molar refractivity (Wildman–Crippen MR) is 97.7 cm³/mol. The van der Waals surface area contributed by atoms with Gasteiger partial charge in [0.25, 0.3) is 0 Å². The third kappa shape index (κ3) is 4.68. The zero-order chi connectivity index (χ0) is 17.4. The van der Waals surface area contributed by atoms with Gasteiger partial charge in [0.2, 0.25) is 0 Å². The van der Waals surface area contributed by atoms with Crippen molar-refractivity contribution in [2.45, 2.75) is 0 Å². The summed E-state index contributed by atoms with van der Waals surface area (Å²) in [6.07, 6.45) is 0. The third-order valence-electron chi connectivity index (χ3n) is 2.41. The largest absolute Gasteiger partial charge is 0.530 e. The van der Waals surface area contributed by atoms with E-state index >= 15 is 0 Å². The standard InChI is InChI=1S/C12H4Cl7O3P/c13-5-1-3-7(11(17)9(5)15)21-23(19,20)22-8-4-2-6(14)10(16)12(8)18/h1-4H. The SMILES string of the molecule is O=P(Cl)(Oc1ccc(Cl)c(Cl)c1Cl)Oc1ccc(Cl)c(Cl)c1Cl. The number of halogens is 7. The maximum Gasteiger partial charge on any atom is 0.530 e. The summed E-state index contributed by atoms with van der Waals surface area (Å²) in [6, 6.07) is 5.47. The van der Waals surface area contributed by atoms with Gasteiger partial charge in [-0.2, -0.15) is 0 Å². The summed E-state index contributed by atoms with van der Waals surface area (Å²) < 4.78 is 22.5. The second-order valence-electron chi connectivity index (χ2n) is 3.96. The Morgan fingerprint density at radius 1 is 0.652 bits per heavy atom. The molecule has 0 aromatic heterocycles. The summed E-state index contributed by atoms with van der Waals surface area (Å²) in [5.74, 6) is -0.147. The van der Waals surface area contributed by atoms with Crippen molar-refractivity contribution in [3.63, 3.8) is 0 Å². The van der Waals surface area contributed by atoms with Crippen LogP contribution in [0, 0.1) is 0 Å². The molecular formula is C12H4Cl7O3P. The van der Waals surface area contributed by atoms with Gasteiger partial charge in [-0.3, -0.25) is 0 Å². The molecule has 2 aromatic rings. The lowest BCUT2D eigenvalue weighted by Crippen LogP contribution is -1.97. The first-order valence-electron chi connectivity index (χ1n) is 5.58. The molecule has 0 heterocycles. The van der Waals surface area contributed by atoms with E-state index in [1.807, 2.05) is 0 Å². The lowest BCUT2D eigenvalue weighted by molar-refractivity contribution is 0.406. The van der Waals surface area contributed by atoms with E-state index in [0.29, 0.717) is 0 Å². The molecule has 0 atom stereocenters. The Morgan fingerprint density at radius 3 is 1.35 bits per heavy atom. The molecule has 0 aliphatic rings. The Kier molecular flexibility index (Phi) is 6.55. The fourth-order valence-corrected chi connectivity index (χ4v) is 3.91. The third-order valence-corrected chi connectivity index (χ3v) is 6.21. The molecule has 0 bridgehead atoms. The van der Waals surface area contributed by atoms with Crippen molar-refractivity contribution in [1.29, 1.82) is 0 Å². The fraction of sp³-hybridized carbons (Fsp3) is 0. The van der Waals surface area contributed by atoms with E-state index < -0.39 is 6.95 Å². The number of rotatable bonds is 4. The lowest BCUT2D eigenvalue weighted by atomic mass is 10.3. The maximum atomic E-state index is 12.3. The first-order valence-corrected chi connectivity index (χ1v) is 10.3. The molecule has 0 unspecified atom stereocenters. The number of hydrogen-bond donors (Lipinski definition) is 0. The van der Waals surface area contributed by atoms with Gasteiger partial charge >= 0.3 is 6.95 Å². The van der Waals surface area contributed by atoms with Crippen molar-refractivity contribution in [2.24, 2.45) is 0 Å². The van der Waals surface area contributed by atoms with Crippen LogP contribution in [0.25, 0.3) is 0 Å². The van der Waals surface area contributed by atoms with Gasteiger partial charge in [0.1, 0.15) is 10.0 Å². The van der Waals surface area contributed by atoms with Crippen molar-refractivity contribution in [3.8, 4) is 11.5 Å². The minimum atomic E-state index is -4.16. The van der Waals surface area contributed by atoms with Gasteiger partial charge in [0.15, 0.2) is 11.5 Å². The molecule has 0 aliphatic heterocycles. The van der Waals surface area contributed by atoms with Gasteiger partial charge in [0.05, 0.1) is 20.1 Å². The molecule has 0 saturated carbocycles. The van der Waals surface area contributed by atoms with Crippen LogP contribution in [0.4, 0.5) is 0 Å². The molecule has 0 spiro atoms. The fourth-order valence-electron chi connectivity index (χ4n) is 1.41. The second-order valence-corrected chi connectivity index (χ2v) is 8.75. The molecule has 0 saturated heterocycles. The van der Waals surface area contributed by atoms with Gasteiger partial charge in [-0.1, -0.05) is 69.6 Å². The Morgan fingerprint density at radius 2 is 1.00 bits per heavy atom. The van der Waals surface area contributed by atoms with Crippen molar-refractivity contribution in [1.82, 2.24) is 0 Å². The minimum absolute atomic E-state index is 0.0232. The van der Waals surface area contributed by atoms with Gasteiger partial charge in [-0.25, -0.2) is 4.57 Å². The molecule has 2 aromatic carbocycles. The minimum Gasteiger partial charge on any atom is -0.403 e. The molecule has 3 nitrogen and oxygen atoms in total. The monoisotopic (exact) mass is 472 g/mol. The van der Waals surface area contributed by atoms with Crippen LogP contribution in [-0.2, 0) is 4.57 Å². The van der Waals surface area contributed by atoms with Gasteiger partial charge in [-0.15, -0.1) is 0 Å². The summed E-state index contributed by atoms with van der Waals surface area (Å²) in [4.78, 5) is 0. The summed E-state index contributed by atoms with van der Waals surface area (Å²) in [5, 5.41) is 0.307.